The van der Waals surface area contributed by atoms with Gasteiger partial charge in [-0.3, -0.25) is 0 Å². The lowest BCUT2D eigenvalue weighted by Crippen LogP contribution is -1.93. The molecule has 0 radical (unpaired) electrons. The Kier molecular flexibility index (Phi) is 9.22. The van der Waals surface area contributed by atoms with E-state index in [2.05, 4.69) is 63.8 Å². The second-order valence-electron chi connectivity index (χ2n) is 7.11. The summed E-state index contributed by atoms with van der Waals surface area (Å²) < 4.78 is 8.60. The monoisotopic (exact) mass is 609 g/mol. The van der Waals surface area contributed by atoms with Gasteiger partial charge in [0.15, 0.2) is 0 Å². The fourth-order valence-electron chi connectivity index (χ4n) is 4.23. The average molecular weight is 610 g/mol. The molecule has 0 N–H and O–H groups in total. The summed E-state index contributed by atoms with van der Waals surface area (Å²) >= 11 is 14.5. The largest absolute Gasteiger partial charge is 0.460 e. The van der Waals surface area contributed by atoms with E-state index in [0.717, 1.165) is 56.2 Å². The quantitative estimate of drug-likeness (QED) is 0.159. The number of para-hydroxylation sites is 1. The van der Waals surface area contributed by atoms with Gasteiger partial charge in [-0.25, -0.2) is 0 Å². The lowest BCUT2D eigenvalue weighted by Gasteiger charge is -2.09. The van der Waals surface area contributed by atoms with Gasteiger partial charge in [0.25, 0.3) is 0 Å². The smallest absolute Gasteiger partial charge is 0.144 e. The Bertz CT molecular complexity index is 1410. The highest BCUT2D eigenvalue weighted by molar-refractivity contribution is 14.2. The maximum absolute atomic E-state index is 6.40. The summed E-state index contributed by atoms with van der Waals surface area (Å²) in [6, 6.07) is 18.3. The maximum atomic E-state index is 6.40. The van der Waals surface area contributed by atoms with Crippen LogP contribution in [0.5, 0.6) is 0 Å². The minimum absolute atomic E-state index is 0.612. The summed E-state index contributed by atoms with van der Waals surface area (Å²) in [5, 5.41) is 4.62. The molecule has 0 bridgehead atoms. The van der Waals surface area contributed by atoms with Gasteiger partial charge in [0.05, 0.1) is 16.4 Å². The van der Waals surface area contributed by atoms with Gasteiger partial charge in [-0.2, -0.15) is 0 Å². The van der Waals surface area contributed by atoms with E-state index in [1.807, 2.05) is 60.2 Å². The van der Waals surface area contributed by atoms with Crippen molar-refractivity contribution >= 4 is 93.1 Å². The molecular weight excluding hydrogens is 584 g/mol. The van der Waals surface area contributed by atoms with Crippen LogP contribution in [-0.4, -0.2) is 4.57 Å². The van der Waals surface area contributed by atoms with Gasteiger partial charge < -0.3 is 8.98 Å². The van der Waals surface area contributed by atoms with Crippen molar-refractivity contribution in [2.24, 2.45) is 0 Å². The lowest BCUT2D eigenvalue weighted by molar-refractivity contribution is 0.558. The van der Waals surface area contributed by atoms with Crippen molar-refractivity contribution < 1.29 is 4.42 Å². The SMILES string of the molecule is C/C=C\c1c(CC)oc2c1ccc1c2c2ccccc2n1-c1cc(Cl)cc(Cl)c1.CC.SI. The Labute approximate surface area is 222 Å². The second kappa shape index (κ2) is 11.7. The zero-order valence-corrected chi connectivity index (χ0v) is 23.6. The molecule has 0 aliphatic carbocycles. The molecule has 0 saturated heterocycles. The number of halogens is 3. The average Bonchev–Trinajstić information content (AvgIpc) is 3.36. The molecular formula is C27H26Cl2INOS. The third-order valence-corrected chi connectivity index (χ3v) is 5.80. The molecule has 0 saturated carbocycles. The van der Waals surface area contributed by atoms with Crippen LogP contribution in [0.15, 0.2) is 65.1 Å². The van der Waals surface area contributed by atoms with Crippen LogP contribution in [0.25, 0.3) is 44.5 Å². The number of benzene rings is 3. The first kappa shape index (κ1) is 26.0. The number of aromatic nitrogens is 1. The molecule has 33 heavy (non-hydrogen) atoms. The molecule has 2 aromatic heterocycles. The molecule has 172 valence electrons. The van der Waals surface area contributed by atoms with Crippen LogP contribution >= 0.6 is 54.2 Å². The van der Waals surface area contributed by atoms with Crippen LogP contribution in [0.2, 0.25) is 10.0 Å². The van der Waals surface area contributed by atoms with Crippen molar-refractivity contribution in [1.82, 2.24) is 4.57 Å². The molecule has 0 spiro atoms. The van der Waals surface area contributed by atoms with Crippen LogP contribution in [0.4, 0.5) is 0 Å². The molecule has 2 nitrogen and oxygen atoms in total. The fourth-order valence-corrected chi connectivity index (χ4v) is 4.75. The van der Waals surface area contributed by atoms with Gasteiger partial charge in [0.2, 0.25) is 0 Å². The summed E-state index contributed by atoms with van der Waals surface area (Å²) in [5.41, 5.74) is 5.19. The number of nitrogens with zero attached hydrogens (tertiary/aromatic N) is 1. The van der Waals surface area contributed by atoms with E-state index < -0.39 is 0 Å². The normalized spacial score (nSPS) is 11.0. The third kappa shape index (κ3) is 4.81. The molecule has 0 unspecified atom stereocenters. The van der Waals surface area contributed by atoms with Crippen LogP contribution < -0.4 is 0 Å². The van der Waals surface area contributed by atoms with Gasteiger partial charge in [-0.1, -0.05) is 74.3 Å². The van der Waals surface area contributed by atoms with E-state index in [1.165, 1.54) is 0 Å². The number of aryl methyl sites for hydroxylation is 1. The Hall–Kier alpha value is -1.60. The Balaban J connectivity index is 0.000000728. The van der Waals surface area contributed by atoms with Gasteiger partial charge in [0.1, 0.15) is 11.3 Å². The lowest BCUT2D eigenvalue weighted by atomic mass is 10.1. The zero-order valence-electron chi connectivity index (χ0n) is 19.0. The fraction of sp³-hybridized carbons (Fsp3) is 0.185. The highest BCUT2D eigenvalue weighted by atomic mass is 127. The van der Waals surface area contributed by atoms with Gasteiger partial charge in [-0.05, 0) is 64.5 Å². The van der Waals surface area contributed by atoms with Crippen molar-refractivity contribution in [2.45, 2.75) is 34.1 Å². The van der Waals surface area contributed by atoms with E-state index in [0.29, 0.717) is 10.0 Å². The molecule has 5 rings (SSSR count). The Morgan fingerprint density at radius 2 is 1.61 bits per heavy atom. The van der Waals surface area contributed by atoms with Gasteiger partial charge >= 0.3 is 0 Å². The van der Waals surface area contributed by atoms with Crippen molar-refractivity contribution in [3.8, 4) is 5.69 Å². The number of rotatable bonds is 3. The van der Waals surface area contributed by atoms with Crippen molar-refractivity contribution in [1.29, 1.82) is 0 Å². The van der Waals surface area contributed by atoms with E-state index in [-0.39, 0.29) is 0 Å². The van der Waals surface area contributed by atoms with Crippen LogP contribution in [-0.2, 0) is 6.42 Å². The second-order valence-corrected chi connectivity index (χ2v) is 7.98. The molecule has 3 aromatic carbocycles. The minimum atomic E-state index is 0.612. The number of hydrogen-bond donors (Lipinski definition) is 1. The van der Waals surface area contributed by atoms with Crippen molar-refractivity contribution in [2.75, 3.05) is 0 Å². The summed E-state index contributed by atoms with van der Waals surface area (Å²) in [5.74, 6) is 1.01. The number of hydrogen-bond acceptors (Lipinski definition) is 2. The zero-order chi connectivity index (χ0) is 24.1. The van der Waals surface area contributed by atoms with Gasteiger partial charge in [-0.15, -0.1) is 9.80 Å². The first-order valence-corrected chi connectivity index (χ1v) is 14.8. The molecule has 0 aliphatic rings. The number of furan rings is 1. The number of thiol groups is 1. The van der Waals surface area contributed by atoms with E-state index in [1.54, 1.807) is 6.07 Å². The predicted octanol–water partition coefficient (Wildman–Crippen LogP) is 10.7. The Morgan fingerprint density at radius 1 is 0.939 bits per heavy atom. The summed E-state index contributed by atoms with van der Waals surface area (Å²) in [4.78, 5) is 0. The Morgan fingerprint density at radius 3 is 2.24 bits per heavy atom. The molecule has 6 heteroatoms. The minimum Gasteiger partial charge on any atom is -0.460 e. The van der Waals surface area contributed by atoms with Crippen molar-refractivity contribution in [3.63, 3.8) is 0 Å². The molecule has 0 fully saturated rings. The molecule has 0 amide bonds. The molecule has 5 aromatic rings. The third-order valence-electron chi connectivity index (χ3n) is 5.37. The number of fused-ring (bicyclic) bond motifs is 5. The standard InChI is InChI=1S/C25H19Cl2NO.C2H6.HIS/c1-3-7-18-19-10-11-22-24(25(19)29-23(18)4-2)20-8-5-6-9-21(20)28(22)17-13-15(26)12-16(27)14-17;2*1-2/h3,5-14H,4H2,1-2H3;1-2H3;2H/b7-3-;;. The van der Waals surface area contributed by atoms with E-state index >= 15 is 0 Å². The summed E-state index contributed by atoms with van der Waals surface area (Å²) in [6.45, 7) is 8.16. The molecule has 2 heterocycles. The summed E-state index contributed by atoms with van der Waals surface area (Å²) in [6.07, 6.45) is 5.04. The van der Waals surface area contributed by atoms with Crippen LogP contribution in [0.1, 0.15) is 39.0 Å². The van der Waals surface area contributed by atoms with Crippen LogP contribution in [0, 0.1) is 0 Å². The maximum Gasteiger partial charge on any atom is 0.144 e. The highest BCUT2D eigenvalue weighted by Gasteiger charge is 2.20. The first-order valence-electron chi connectivity index (χ1n) is 10.9. The predicted molar refractivity (Wildman–Crippen MR) is 159 cm³/mol. The molecule has 0 atom stereocenters. The number of allylic oxidation sites excluding steroid dienone is 1. The summed E-state index contributed by atoms with van der Waals surface area (Å²) in [7, 11) is 3.50. The highest BCUT2D eigenvalue weighted by Crippen LogP contribution is 2.40. The topological polar surface area (TPSA) is 18.1 Å². The molecule has 0 aliphatic heterocycles. The van der Waals surface area contributed by atoms with E-state index in [9.17, 15) is 0 Å². The van der Waals surface area contributed by atoms with Crippen LogP contribution in [0.3, 0.4) is 0 Å². The van der Waals surface area contributed by atoms with Crippen molar-refractivity contribution in [3.05, 3.63) is 82.0 Å². The first-order chi connectivity index (χ1) is 16.1. The van der Waals surface area contributed by atoms with E-state index in [4.69, 9.17) is 27.6 Å². The van der Waals surface area contributed by atoms with Gasteiger partial charge in [0, 0.05) is 38.5 Å².